The molecule has 0 spiro atoms. The van der Waals surface area contributed by atoms with Crippen LogP contribution < -0.4 is 10.5 Å². The summed E-state index contributed by atoms with van der Waals surface area (Å²) in [4.78, 5) is 26.6. The Morgan fingerprint density at radius 2 is 2.13 bits per heavy atom. The number of H-pyrrole nitrogens is 1. The fraction of sp³-hybridized carbons (Fsp3) is 0.476. The Bertz CT molecular complexity index is 927. The first kappa shape index (κ1) is 22.2. The number of aromatic amines is 1. The number of carbonyl (C=O) groups excluding carboxylic acids is 2. The van der Waals surface area contributed by atoms with Gasteiger partial charge in [-0.15, -0.1) is 0 Å². The smallest absolute Gasteiger partial charge is 0.331 e. The number of rotatable bonds is 8. The maximum Gasteiger partial charge on any atom is 0.331 e. The molecule has 1 amide bonds. The third-order valence-electron chi connectivity index (χ3n) is 5.55. The molecule has 3 N–H and O–H groups in total. The van der Waals surface area contributed by atoms with E-state index in [1.165, 1.54) is 18.2 Å². The minimum atomic E-state index is -1.15. The molecule has 0 radical (unpaired) electrons. The van der Waals surface area contributed by atoms with Crippen molar-refractivity contribution in [3.8, 4) is 5.75 Å². The molecule has 1 saturated carbocycles. The van der Waals surface area contributed by atoms with Crippen LogP contribution in [0.3, 0.4) is 0 Å². The third kappa shape index (κ3) is 5.17. The molecule has 0 saturated heterocycles. The first-order valence-corrected chi connectivity index (χ1v) is 10.4. The van der Waals surface area contributed by atoms with E-state index in [0.29, 0.717) is 24.4 Å². The number of ether oxygens (including phenoxy) is 1. The molecule has 30 heavy (non-hydrogen) atoms. The van der Waals surface area contributed by atoms with E-state index in [-0.39, 0.29) is 29.0 Å². The van der Waals surface area contributed by atoms with Gasteiger partial charge in [-0.2, -0.15) is 5.10 Å². The number of carbonyl (C=O) groups is 2. The van der Waals surface area contributed by atoms with Gasteiger partial charge >= 0.3 is 5.97 Å². The summed E-state index contributed by atoms with van der Waals surface area (Å²) in [6.45, 7) is 3.92. The largest absolute Gasteiger partial charge is 0.425 e. The summed E-state index contributed by atoms with van der Waals surface area (Å²) >= 11 is 5.84. The van der Waals surface area contributed by atoms with Gasteiger partial charge in [0.05, 0.1) is 0 Å². The number of halogens is 2. The number of amides is 1. The van der Waals surface area contributed by atoms with Crippen LogP contribution in [0.4, 0.5) is 4.39 Å². The van der Waals surface area contributed by atoms with Crippen LogP contribution in [0.2, 0.25) is 5.15 Å². The molecule has 1 atom stereocenters. The Balaban J connectivity index is 1.75. The van der Waals surface area contributed by atoms with E-state index >= 15 is 0 Å². The van der Waals surface area contributed by atoms with Crippen LogP contribution >= 0.6 is 11.6 Å². The average Bonchev–Trinajstić information content (AvgIpc) is 3.11. The van der Waals surface area contributed by atoms with Crippen LogP contribution in [-0.4, -0.2) is 39.1 Å². The number of benzene rings is 1. The van der Waals surface area contributed by atoms with Crippen LogP contribution in [-0.2, 0) is 11.3 Å². The van der Waals surface area contributed by atoms with Crippen molar-refractivity contribution in [1.29, 1.82) is 0 Å². The molecular weight excluding hydrogens is 411 g/mol. The molecule has 1 heterocycles. The number of hydrogen-bond donors (Lipinski definition) is 2. The zero-order valence-corrected chi connectivity index (χ0v) is 17.8. The lowest BCUT2D eigenvalue weighted by Gasteiger charge is -2.32. The van der Waals surface area contributed by atoms with Crippen molar-refractivity contribution in [3.63, 3.8) is 0 Å². The topological polar surface area (TPSA) is 101 Å². The lowest BCUT2D eigenvalue weighted by molar-refractivity contribution is -0.139. The van der Waals surface area contributed by atoms with Crippen molar-refractivity contribution in [2.45, 2.75) is 51.6 Å². The van der Waals surface area contributed by atoms with Crippen molar-refractivity contribution in [3.05, 3.63) is 46.5 Å². The second-order valence-corrected chi connectivity index (χ2v) is 8.40. The standard InChI is InChI=1S/C21H26ClFN4O3/c1-3-21(2,24)20(29)30-15-8-7-14(16(23)9-15)12-27(11-13-5-4-6-13)19(28)17-10-18(22)26-25-17/h7-10,13H,3-6,11-12,24H2,1-2H3,(H,25,26)/t21-/m0/s1. The van der Waals surface area contributed by atoms with E-state index < -0.39 is 17.3 Å². The van der Waals surface area contributed by atoms with Gasteiger partial charge in [0.2, 0.25) is 0 Å². The summed E-state index contributed by atoms with van der Waals surface area (Å²) in [7, 11) is 0. The first-order chi connectivity index (χ1) is 14.2. The van der Waals surface area contributed by atoms with E-state index in [1.54, 1.807) is 18.7 Å². The molecule has 1 aliphatic carbocycles. The highest BCUT2D eigenvalue weighted by atomic mass is 35.5. The van der Waals surface area contributed by atoms with Crippen molar-refractivity contribution in [2.75, 3.05) is 6.54 Å². The molecule has 1 aromatic carbocycles. The van der Waals surface area contributed by atoms with Gasteiger partial charge in [-0.3, -0.25) is 9.89 Å². The number of nitrogens with one attached hydrogen (secondary N) is 1. The summed E-state index contributed by atoms with van der Waals surface area (Å²) in [6, 6.07) is 5.60. The maximum absolute atomic E-state index is 14.7. The van der Waals surface area contributed by atoms with Crippen molar-refractivity contribution >= 4 is 23.5 Å². The summed E-state index contributed by atoms with van der Waals surface area (Å²) in [5, 5.41) is 6.72. The lowest BCUT2D eigenvalue weighted by Crippen LogP contribution is -2.46. The lowest BCUT2D eigenvalue weighted by atomic mass is 9.85. The van der Waals surface area contributed by atoms with E-state index in [9.17, 15) is 14.0 Å². The number of esters is 1. The normalized spacial score (nSPS) is 15.9. The molecule has 0 unspecified atom stereocenters. The molecule has 7 nitrogen and oxygen atoms in total. The second kappa shape index (κ2) is 9.14. The van der Waals surface area contributed by atoms with E-state index in [1.807, 2.05) is 0 Å². The minimum absolute atomic E-state index is 0.0716. The van der Waals surface area contributed by atoms with Crippen LogP contribution in [0.1, 0.15) is 55.6 Å². The summed E-state index contributed by atoms with van der Waals surface area (Å²) in [6.07, 6.45) is 3.60. The Morgan fingerprint density at radius 3 is 2.67 bits per heavy atom. The fourth-order valence-corrected chi connectivity index (χ4v) is 3.22. The number of nitrogens with two attached hydrogens (primary N) is 1. The molecule has 1 aromatic heterocycles. The van der Waals surface area contributed by atoms with Gasteiger partial charge in [0.1, 0.15) is 22.3 Å². The maximum atomic E-state index is 14.7. The molecule has 1 fully saturated rings. The van der Waals surface area contributed by atoms with Crippen LogP contribution in [0, 0.1) is 11.7 Å². The predicted octanol–water partition coefficient (Wildman–Crippen LogP) is 3.68. The second-order valence-electron chi connectivity index (χ2n) is 8.00. The zero-order valence-electron chi connectivity index (χ0n) is 17.1. The Morgan fingerprint density at radius 1 is 1.40 bits per heavy atom. The minimum Gasteiger partial charge on any atom is -0.425 e. The molecule has 0 bridgehead atoms. The highest BCUT2D eigenvalue weighted by molar-refractivity contribution is 6.29. The summed E-state index contributed by atoms with van der Waals surface area (Å²) < 4.78 is 19.9. The van der Waals surface area contributed by atoms with E-state index in [4.69, 9.17) is 22.1 Å². The number of nitrogens with zero attached hydrogens (tertiary/aromatic N) is 2. The SMILES string of the molecule is CC[C@](C)(N)C(=O)Oc1ccc(CN(CC2CCC2)C(=O)c2cc(Cl)[nH]n2)c(F)c1. The molecule has 162 valence electrons. The van der Waals surface area contributed by atoms with Crippen molar-refractivity contribution < 1.29 is 18.7 Å². The Kier molecular flexibility index (Phi) is 6.77. The molecule has 9 heteroatoms. The number of aromatic nitrogens is 2. The molecule has 2 aromatic rings. The molecule has 3 rings (SSSR count). The molecular formula is C21H26ClFN4O3. The Labute approximate surface area is 179 Å². The van der Waals surface area contributed by atoms with Gasteiger partial charge in [-0.25, -0.2) is 9.18 Å². The van der Waals surface area contributed by atoms with E-state index in [2.05, 4.69) is 10.2 Å². The highest BCUT2D eigenvalue weighted by Crippen LogP contribution is 2.29. The fourth-order valence-electron chi connectivity index (χ4n) is 3.07. The van der Waals surface area contributed by atoms with Gasteiger partial charge in [-0.1, -0.05) is 31.0 Å². The van der Waals surface area contributed by atoms with Crippen LogP contribution in [0.25, 0.3) is 0 Å². The van der Waals surface area contributed by atoms with Gasteiger partial charge in [0.25, 0.3) is 5.91 Å². The van der Waals surface area contributed by atoms with Crippen LogP contribution in [0.5, 0.6) is 5.75 Å². The Hall–Kier alpha value is -2.45. The first-order valence-electron chi connectivity index (χ1n) is 9.99. The van der Waals surface area contributed by atoms with Crippen LogP contribution in [0.15, 0.2) is 24.3 Å². The monoisotopic (exact) mass is 436 g/mol. The van der Waals surface area contributed by atoms with Gasteiger partial charge in [0.15, 0.2) is 5.69 Å². The van der Waals surface area contributed by atoms with Crippen molar-refractivity contribution in [2.24, 2.45) is 11.7 Å². The van der Waals surface area contributed by atoms with Gasteiger partial charge < -0.3 is 15.4 Å². The quantitative estimate of drug-likeness (QED) is 0.485. The van der Waals surface area contributed by atoms with Gasteiger partial charge in [-0.05, 0) is 38.2 Å². The summed E-state index contributed by atoms with van der Waals surface area (Å²) in [5.41, 5.74) is 5.22. The third-order valence-corrected chi connectivity index (χ3v) is 5.75. The van der Waals surface area contributed by atoms with Gasteiger partial charge in [0, 0.05) is 30.8 Å². The van der Waals surface area contributed by atoms with Crippen molar-refractivity contribution in [1.82, 2.24) is 15.1 Å². The van der Waals surface area contributed by atoms with E-state index in [0.717, 1.165) is 25.3 Å². The predicted molar refractivity (Wildman–Crippen MR) is 111 cm³/mol. The molecule has 1 aliphatic rings. The number of hydrogen-bond acceptors (Lipinski definition) is 5. The highest BCUT2D eigenvalue weighted by Gasteiger charge is 2.29. The zero-order chi connectivity index (χ0) is 21.9. The molecule has 0 aliphatic heterocycles. The summed E-state index contributed by atoms with van der Waals surface area (Å²) in [5.74, 6) is -1.05. The average molecular weight is 437 g/mol.